The van der Waals surface area contributed by atoms with Gasteiger partial charge in [-0.2, -0.15) is 0 Å². The van der Waals surface area contributed by atoms with E-state index in [4.69, 9.17) is 11.6 Å². The lowest BCUT2D eigenvalue weighted by Crippen LogP contribution is -2.16. The maximum absolute atomic E-state index is 13.1. The van der Waals surface area contributed by atoms with Crippen LogP contribution in [-0.2, 0) is 0 Å². The van der Waals surface area contributed by atoms with E-state index < -0.39 is 10.7 Å². The Labute approximate surface area is 167 Å². The van der Waals surface area contributed by atoms with Gasteiger partial charge >= 0.3 is 5.00 Å². The highest BCUT2D eigenvalue weighted by molar-refractivity contribution is 7.22. The number of benzene rings is 2. The lowest BCUT2D eigenvalue weighted by atomic mass is 10.0. The molecule has 4 aromatic rings. The van der Waals surface area contributed by atoms with E-state index in [9.17, 15) is 19.7 Å². The summed E-state index contributed by atoms with van der Waals surface area (Å²) in [7, 11) is 0. The second kappa shape index (κ2) is 7.03. The smallest absolute Gasteiger partial charge is 0.288 e. The van der Waals surface area contributed by atoms with Gasteiger partial charge in [0, 0.05) is 17.0 Å². The predicted octanol–water partition coefficient (Wildman–Crippen LogP) is 4.84. The molecule has 2 aromatic heterocycles. The van der Waals surface area contributed by atoms with Crippen molar-refractivity contribution in [3.63, 3.8) is 0 Å². The number of carbonyl (C=O) groups excluding carboxylic acids is 1. The number of halogens is 1. The molecule has 0 aliphatic rings. The van der Waals surface area contributed by atoms with E-state index in [0.717, 1.165) is 11.3 Å². The third-order valence-electron chi connectivity index (χ3n) is 4.25. The zero-order chi connectivity index (χ0) is 19.8. The number of ketones is 1. The number of aromatic nitrogens is 1. The first-order valence-electron chi connectivity index (χ1n) is 8.16. The van der Waals surface area contributed by atoms with Crippen LogP contribution < -0.4 is 5.56 Å². The zero-order valence-corrected chi connectivity index (χ0v) is 15.7. The van der Waals surface area contributed by atoms with Gasteiger partial charge in [-0.25, -0.2) is 0 Å². The van der Waals surface area contributed by atoms with E-state index in [0.29, 0.717) is 15.9 Å². The maximum atomic E-state index is 13.1. The Kier molecular flexibility index (Phi) is 4.54. The minimum atomic E-state index is -0.603. The molecule has 0 aliphatic carbocycles. The summed E-state index contributed by atoms with van der Waals surface area (Å²) in [6.45, 7) is 0. The highest BCUT2D eigenvalue weighted by Gasteiger charge is 2.30. The van der Waals surface area contributed by atoms with Gasteiger partial charge in [0.05, 0.1) is 15.6 Å². The van der Waals surface area contributed by atoms with Gasteiger partial charge in [0.2, 0.25) is 5.78 Å². The molecule has 4 rings (SSSR count). The predicted molar refractivity (Wildman–Crippen MR) is 109 cm³/mol. The molecule has 0 N–H and O–H groups in total. The molecule has 138 valence electrons. The van der Waals surface area contributed by atoms with Crippen molar-refractivity contribution in [1.29, 1.82) is 0 Å². The monoisotopic (exact) mass is 410 g/mol. The highest BCUT2D eigenvalue weighted by Crippen LogP contribution is 2.39. The summed E-state index contributed by atoms with van der Waals surface area (Å²) in [6.07, 6.45) is 0. The number of carbonyl (C=O) groups is 1. The number of hydrogen-bond acceptors (Lipinski definition) is 5. The van der Waals surface area contributed by atoms with Gasteiger partial charge in [-0.15, -0.1) is 0 Å². The quantitative estimate of drug-likeness (QED) is 0.273. The molecule has 0 radical (unpaired) electrons. The molecule has 2 aromatic carbocycles. The Bertz CT molecular complexity index is 1290. The molecule has 0 bridgehead atoms. The van der Waals surface area contributed by atoms with Gasteiger partial charge in [-0.05, 0) is 41.7 Å². The van der Waals surface area contributed by atoms with Gasteiger partial charge in [-0.3, -0.25) is 24.3 Å². The summed E-state index contributed by atoms with van der Waals surface area (Å²) in [4.78, 5) is 37.1. The van der Waals surface area contributed by atoms with Crippen molar-refractivity contribution in [1.82, 2.24) is 4.57 Å². The zero-order valence-electron chi connectivity index (χ0n) is 14.2. The maximum Gasteiger partial charge on any atom is 0.337 e. The average molecular weight is 411 g/mol. The Balaban J connectivity index is 2.06. The second-order valence-corrected chi connectivity index (χ2v) is 7.29. The van der Waals surface area contributed by atoms with Crippen LogP contribution >= 0.6 is 22.9 Å². The summed E-state index contributed by atoms with van der Waals surface area (Å²) >= 11 is 6.93. The molecule has 2 heterocycles. The molecule has 28 heavy (non-hydrogen) atoms. The topological polar surface area (TPSA) is 82.2 Å². The van der Waals surface area contributed by atoms with E-state index in [1.54, 1.807) is 48.5 Å². The minimum Gasteiger partial charge on any atom is -0.288 e. The Hall–Kier alpha value is -3.29. The highest BCUT2D eigenvalue weighted by atomic mass is 35.5. The first-order chi connectivity index (χ1) is 13.5. The average Bonchev–Trinajstić information content (AvgIpc) is 3.08. The van der Waals surface area contributed by atoms with Crippen molar-refractivity contribution < 1.29 is 9.72 Å². The molecule has 0 atom stereocenters. The van der Waals surface area contributed by atoms with Crippen molar-refractivity contribution >= 4 is 43.9 Å². The van der Waals surface area contributed by atoms with Crippen molar-refractivity contribution in [3.05, 3.63) is 103 Å². The van der Waals surface area contributed by atoms with E-state index in [2.05, 4.69) is 0 Å². The van der Waals surface area contributed by atoms with Crippen LogP contribution in [0.3, 0.4) is 0 Å². The van der Waals surface area contributed by atoms with Crippen LogP contribution in [-0.4, -0.2) is 15.3 Å². The number of hydrogen-bond donors (Lipinski definition) is 0. The Morgan fingerprint density at radius 1 is 1.00 bits per heavy atom. The summed E-state index contributed by atoms with van der Waals surface area (Å²) in [6, 6.07) is 17.9. The fraction of sp³-hybridized carbons (Fsp3) is 0. The number of nitrogens with zero attached hydrogens (tertiary/aromatic N) is 2. The molecule has 0 amide bonds. The second-order valence-electron chi connectivity index (χ2n) is 5.91. The molecule has 8 heteroatoms. The van der Waals surface area contributed by atoms with Gasteiger partial charge in [0.25, 0.3) is 5.56 Å². The van der Waals surface area contributed by atoms with Crippen molar-refractivity contribution in [3.8, 4) is 5.69 Å². The Morgan fingerprint density at radius 2 is 1.68 bits per heavy atom. The van der Waals surface area contributed by atoms with Crippen LogP contribution in [0.2, 0.25) is 5.02 Å². The molecule has 0 spiro atoms. The summed E-state index contributed by atoms with van der Waals surface area (Å²) in [5, 5.41) is 11.9. The Morgan fingerprint density at radius 3 is 2.36 bits per heavy atom. The molecular formula is C20H11ClN2O4S. The molecule has 0 saturated carbocycles. The SMILES string of the molecule is O=C(c1ccccc1Cl)c1c([N+](=O)[O-])sc2c1ccc(=O)n2-c1ccccc1. The van der Waals surface area contributed by atoms with Gasteiger partial charge in [-0.1, -0.05) is 41.9 Å². The summed E-state index contributed by atoms with van der Waals surface area (Å²) < 4.78 is 1.37. The van der Waals surface area contributed by atoms with Gasteiger partial charge < -0.3 is 0 Å². The standard InChI is InChI=1S/C20H11ClN2O4S/c21-15-9-5-4-8-13(15)18(25)17-14-10-11-16(24)22(12-6-2-1-3-7-12)19(14)28-20(17)23(26)27/h1-11H. The summed E-state index contributed by atoms with van der Waals surface area (Å²) in [5.74, 6) is -0.554. The van der Waals surface area contributed by atoms with Crippen LogP contribution in [0, 0.1) is 10.1 Å². The van der Waals surface area contributed by atoms with Crippen LogP contribution in [0.15, 0.2) is 71.5 Å². The van der Waals surface area contributed by atoms with Crippen LogP contribution in [0.1, 0.15) is 15.9 Å². The fourth-order valence-electron chi connectivity index (χ4n) is 3.02. The van der Waals surface area contributed by atoms with Crippen LogP contribution in [0.25, 0.3) is 15.9 Å². The summed E-state index contributed by atoms with van der Waals surface area (Å²) in [5.41, 5.74) is 0.324. The van der Waals surface area contributed by atoms with Crippen molar-refractivity contribution in [2.45, 2.75) is 0 Å². The van der Waals surface area contributed by atoms with E-state index in [-0.39, 0.29) is 26.7 Å². The number of rotatable bonds is 4. The molecule has 0 aliphatic heterocycles. The fourth-order valence-corrected chi connectivity index (χ4v) is 4.37. The largest absolute Gasteiger partial charge is 0.337 e. The molecule has 0 unspecified atom stereocenters. The minimum absolute atomic E-state index is 0.0669. The van der Waals surface area contributed by atoms with E-state index in [1.807, 2.05) is 0 Å². The van der Waals surface area contributed by atoms with E-state index >= 15 is 0 Å². The van der Waals surface area contributed by atoms with Crippen molar-refractivity contribution in [2.75, 3.05) is 0 Å². The number of para-hydroxylation sites is 1. The van der Waals surface area contributed by atoms with Crippen LogP contribution in [0.4, 0.5) is 5.00 Å². The molecule has 0 fully saturated rings. The van der Waals surface area contributed by atoms with Crippen molar-refractivity contribution in [2.24, 2.45) is 0 Å². The third kappa shape index (κ3) is 2.90. The number of nitro groups is 1. The van der Waals surface area contributed by atoms with Gasteiger partial charge in [0.1, 0.15) is 10.4 Å². The lowest BCUT2D eigenvalue weighted by Gasteiger charge is -2.07. The lowest BCUT2D eigenvalue weighted by molar-refractivity contribution is -0.380. The van der Waals surface area contributed by atoms with Gasteiger partial charge in [0.15, 0.2) is 0 Å². The van der Waals surface area contributed by atoms with Crippen LogP contribution in [0.5, 0.6) is 0 Å². The normalized spacial score (nSPS) is 10.9. The molecular weight excluding hydrogens is 400 g/mol. The first-order valence-corrected chi connectivity index (χ1v) is 9.36. The first kappa shape index (κ1) is 18.1. The van der Waals surface area contributed by atoms with E-state index in [1.165, 1.54) is 22.8 Å². The third-order valence-corrected chi connectivity index (χ3v) is 5.72. The number of pyridine rings is 1. The molecule has 6 nitrogen and oxygen atoms in total. The number of fused-ring (bicyclic) bond motifs is 1. The number of thiophene rings is 1. The molecule has 0 saturated heterocycles.